The van der Waals surface area contributed by atoms with Crippen molar-refractivity contribution in [2.24, 2.45) is 0 Å². The van der Waals surface area contributed by atoms with Crippen molar-refractivity contribution in [1.29, 1.82) is 0 Å². The normalized spacial score (nSPS) is 38.7. The van der Waals surface area contributed by atoms with E-state index in [1.807, 2.05) is 0 Å². The van der Waals surface area contributed by atoms with Gasteiger partial charge in [0, 0.05) is 17.6 Å². The molecule has 1 aliphatic carbocycles. The molecule has 1 heterocycles. The smallest absolute Gasteiger partial charge is 0.0286 e. The average Bonchev–Trinajstić information content (AvgIpc) is 2.04. The van der Waals surface area contributed by atoms with Crippen molar-refractivity contribution in [2.75, 3.05) is 0 Å². The lowest BCUT2D eigenvalue weighted by molar-refractivity contribution is -0.0650. The largest absolute Gasteiger partial charge is 0.289 e. The van der Waals surface area contributed by atoms with E-state index in [0.29, 0.717) is 5.54 Å². The van der Waals surface area contributed by atoms with Gasteiger partial charge in [0.25, 0.3) is 0 Å². The summed E-state index contributed by atoms with van der Waals surface area (Å²) >= 11 is 0. The van der Waals surface area contributed by atoms with Crippen molar-refractivity contribution < 1.29 is 0 Å². The molecule has 2 unspecified atom stereocenters. The Kier molecular flexibility index (Phi) is 2.23. The maximum atomic E-state index is 2.68. The van der Waals surface area contributed by atoms with Crippen LogP contribution in [0.5, 0.6) is 0 Å². The van der Waals surface area contributed by atoms with Crippen molar-refractivity contribution in [2.45, 2.75) is 64.1 Å². The average molecular weight is 179 g/mol. The lowest BCUT2D eigenvalue weighted by Crippen LogP contribution is -2.64. The van der Waals surface area contributed by atoms with Crippen LogP contribution < -0.4 is 0 Å². The monoisotopic (exact) mass is 179 g/mol. The second-order valence-electron chi connectivity index (χ2n) is 5.20. The zero-order valence-corrected chi connectivity index (χ0v) is 9.09. The lowest BCUT2D eigenvalue weighted by Gasteiger charge is -2.57. The molecule has 0 aromatic heterocycles. The van der Waals surface area contributed by atoms with Gasteiger partial charge < -0.3 is 0 Å². The summed E-state index contributed by atoms with van der Waals surface area (Å²) in [5, 5.41) is 0. The molecule has 13 heavy (non-hydrogen) atoms. The first-order valence-electron chi connectivity index (χ1n) is 5.56. The first-order valence-corrected chi connectivity index (χ1v) is 5.56. The molecule has 0 bridgehead atoms. The third-order valence-corrected chi connectivity index (χ3v) is 3.55. The van der Waals surface area contributed by atoms with Gasteiger partial charge in [-0.25, -0.2) is 0 Å². The zero-order chi connectivity index (χ0) is 9.47. The molecule has 0 aromatic rings. The predicted octanol–water partition coefficient (Wildman–Crippen LogP) is 2.97. The number of hydrogen-bond acceptors (Lipinski definition) is 1. The number of allylic oxidation sites excluding steroid dienone is 1. The third kappa shape index (κ3) is 1.54. The second-order valence-corrected chi connectivity index (χ2v) is 5.20. The van der Waals surface area contributed by atoms with Crippen LogP contribution in [0.2, 0.25) is 0 Å². The van der Waals surface area contributed by atoms with E-state index in [9.17, 15) is 0 Å². The van der Waals surface area contributed by atoms with E-state index >= 15 is 0 Å². The Labute approximate surface area is 81.8 Å². The fraction of sp³-hybridized carbons (Fsp3) is 0.833. The van der Waals surface area contributed by atoms with Gasteiger partial charge in [0.2, 0.25) is 0 Å². The molecule has 1 heteroatoms. The van der Waals surface area contributed by atoms with E-state index in [1.54, 1.807) is 0 Å². The molecule has 2 aliphatic rings. The molecule has 74 valence electrons. The SMILES string of the molecule is CC1CC(C)(C)N1C1C=CCCC1. The number of likely N-dealkylation sites (tertiary alicyclic amines) is 1. The highest BCUT2D eigenvalue weighted by atomic mass is 15.3. The molecule has 2 atom stereocenters. The van der Waals surface area contributed by atoms with Crippen LogP contribution in [0.1, 0.15) is 46.5 Å². The van der Waals surface area contributed by atoms with Gasteiger partial charge in [-0.15, -0.1) is 0 Å². The summed E-state index contributed by atoms with van der Waals surface area (Å²) in [6, 6.07) is 1.52. The summed E-state index contributed by atoms with van der Waals surface area (Å²) in [5.41, 5.74) is 0.450. The summed E-state index contributed by atoms with van der Waals surface area (Å²) in [6.07, 6.45) is 10.2. The van der Waals surface area contributed by atoms with Gasteiger partial charge in [0.05, 0.1) is 0 Å². The Hall–Kier alpha value is -0.300. The quantitative estimate of drug-likeness (QED) is 0.559. The van der Waals surface area contributed by atoms with Crippen molar-refractivity contribution in [3.63, 3.8) is 0 Å². The molecule has 1 saturated heterocycles. The van der Waals surface area contributed by atoms with E-state index in [1.165, 1.54) is 25.7 Å². The van der Waals surface area contributed by atoms with Crippen LogP contribution in [-0.2, 0) is 0 Å². The van der Waals surface area contributed by atoms with Gasteiger partial charge in [0.1, 0.15) is 0 Å². The highest BCUT2D eigenvalue weighted by molar-refractivity contribution is 5.08. The van der Waals surface area contributed by atoms with Gasteiger partial charge in [0.15, 0.2) is 0 Å². The summed E-state index contributed by atoms with van der Waals surface area (Å²) in [7, 11) is 0. The van der Waals surface area contributed by atoms with Gasteiger partial charge >= 0.3 is 0 Å². The van der Waals surface area contributed by atoms with E-state index in [-0.39, 0.29) is 0 Å². The van der Waals surface area contributed by atoms with E-state index in [2.05, 4.69) is 37.8 Å². The van der Waals surface area contributed by atoms with Crippen molar-refractivity contribution >= 4 is 0 Å². The summed E-state index contributed by atoms with van der Waals surface area (Å²) < 4.78 is 0. The minimum atomic E-state index is 0.450. The van der Waals surface area contributed by atoms with E-state index in [4.69, 9.17) is 0 Å². The van der Waals surface area contributed by atoms with Gasteiger partial charge in [-0.2, -0.15) is 0 Å². The minimum absolute atomic E-state index is 0.450. The Bertz CT molecular complexity index is 217. The molecule has 0 N–H and O–H groups in total. The van der Waals surface area contributed by atoms with Crippen LogP contribution in [0.3, 0.4) is 0 Å². The molecular formula is C12H21N. The lowest BCUT2D eigenvalue weighted by atomic mass is 9.79. The molecule has 0 spiro atoms. The van der Waals surface area contributed by atoms with E-state index in [0.717, 1.165) is 12.1 Å². The Morgan fingerprint density at radius 1 is 1.38 bits per heavy atom. The maximum Gasteiger partial charge on any atom is 0.0286 e. The highest BCUT2D eigenvalue weighted by Gasteiger charge is 2.45. The Balaban J connectivity index is 2.06. The van der Waals surface area contributed by atoms with Crippen LogP contribution in [0.4, 0.5) is 0 Å². The zero-order valence-electron chi connectivity index (χ0n) is 9.09. The minimum Gasteiger partial charge on any atom is -0.289 e. The molecule has 1 fully saturated rings. The van der Waals surface area contributed by atoms with Gasteiger partial charge in [-0.1, -0.05) is 12.2 Å². The number of rotatable bonds is 1. The molecule has 0 saturated carbocycles. The Morgan fingerprint density at radius 2 is 2.15 bits per heavy atom. The maximum absolute atomic E-state index is 2.68. The molecule has 1 nitrogen and oxygen atoms in total. The first kappa shape index (κ1) is 9.26. The standard InChI is InChI=1S/C12H21N/c1-10-9-12(2,3)13(10)11-7-5-4-6-8-11/h5,7,10-11H,4,6,8-9H2,1-3H3. The third-order valence-electron chi connectivity index (χ3n) is 3.55. The van der Waals surface area contributed by atoms with Crippen molar-refractivity contribution in [1.82, 2.24) is 4.90 Å². The van der Waals surface area contributed by atoms with Crippen molar-refractivity contribution in [3.05, 3.63) is 12.2 Å². The number of hydrogen-bond donors (Lipinski definition) is 0. The van der Waals surface area contributed by atoms with Gasteiger partial charge in [-0.3, -0.25) is 4.90 Å². The van der Waals surface area contributed by atoms with Crippen LogP contribution in [0.25, 0.3) is 0 Å². The van der Waals surface area contributed by atoms with Crippen LogP contribution in [0, 0.1) is 0 Å². The first-order chi connectivity index (χ1) is 6.11. The summed E-state index contributed by atoms with van der Waals surface area (Å²) in [4.78, 5) is 2.68. The predicted molar refractivity (Wildman–Crippen MR) is 56.8 cm³/mol. The second kappa shape index (κ2) is 3.13. The molecule has 0 amide bonds. The van der Waals surface area contributed by atoms with Gasteiger partial charge in [-0.05, 0) is 46.5 Å². The number of nitrogens with zero attached hydrogens (tertiary/aromatic N) is 1. The molecule has 0 radical (unpaired) electrons. The Morgan fingerprint density at radius 3 is 2.62 bits per heavy atom. The molecular weight excluding hydrogens is 158 g/mol. The molecule has 0 aromatic carbocycles. The summed E-state index contributed by atoms with van der Waals surface area (Å²) in [5.74, 6) is 0. The van der Waals surface area contributed by atoms with Crippen LogP contribution in [0.15, 0.2) is 12.2 Å². The molecule has 1 aliphatic heterocycles. The van der Waals surface area contributed by atoms with Crippen LogP contribution >= 0.6 is 0 Å². The highest BCUT2D eigenvalue weighted by Crippen LogP contribution is 2.39. The molecule has 2 rings (SSSR count). The van der Waals surface area contributed by atoms with Crippen molar-refractivity contribution in [3.8, 4) is 0 Å². The van der Waals surface area contributed by atoms with E-state index < -0.39 is 0 Å². The fourth-order valence-corrected chi connectivity index (χ4v) is 3.21. The fourth-order valence-electron chi connectivity index (χ4n) is 3.21. The topological polar surface area (TPSA) is 3.24 Å². The summed E-state index contributed by atoms with van der Waals surface area (Å²) in [6.45, 7) is 7.10. The van der Waals surface area contributed by atoms with Crippen LogP contribution in [-0.4, -0.2) is 22.5 Å².